The fourth-order valence-electron chi connectivity index (χ4n) is 3.28. The zero-order valence-corrected chi connectivity index (χ0v) is 15.1. The molecule has 26 heavy (non-hydrogen) atoms. The first-order valence-corrected chi connectivity index (χ1v) is 8.54. The number of pyridine rings is 1. The highest BCUT2D eigenvalue weighted by atomic mass is 16.1. The average molecular weight is 347 g/mol. The summed E-state index contributed by atoms with van der Waals surface area (Å²) < 4.78 is 9.12. The van der Waals surface area contributed by atoms with E-state index in [4.69, 9.17) is 1.37 Å². The molecular weight excluding hydrogens is 324 g/mol. The van der Waals surface area contributed by atoms with Gasteiger partial charge in [-0.3, -0.25) is 9.78 Å². The summed E-state index contributed by atoms with van der Waals surface area (Å²) in [7, 11) is 0. The van der Waals surface area contributed by atoms with Crippen molar-refractivity contribution in [1.29, 1.82) is 5.26 Å². The van der Waals surface area contributed by atoms with Gasteiger partial charge in [-0.15, -0.1) is 0 Å². The van der Waals surface area contributed by atoms with Crippen molar-refractivity contribution in [3.8, 4) is 6.07 Å². The van der Waals surface area contributed by atoms with Crippen molar-refractivity contribution < 1.29 is 6.17 Å². The lowest BCUT2D eigenvalue weighted by Crippen LogP contribution is -2.48. The molecule has 3 rings (SSSR count). The molecule has 5 nitrogen and oxygen atoms in total. The molecule has 1 aliphatic heterocycles. The Balaban J connectivity index is 2.01. The molecule has 1 aromatic carbocycles. The summed E-state index contributed by atoms with van der Waals surface area (Å²) in [6.45, 7) is 5.72. The van der Waals surface area contributed by atoms with Crippen LogP contribution in [0.2, 0.25) is 0 Å². The van der Waals surface area contributed by atoms with Gasteiger partial charge in [-0.2, -0.15) is 5.26 Å². The minimum Gasteiger partial charge on any atom is -0.347 e. The summed E-state index contributed by atoms with van der Waals surface area (Å²) in [6.07, 6.45) is 1.43. The maximum Gasteiger partial charge on any atom is 0.254 e. The molecule has 1 aliphatic rings. The lowest BCUT2D eigenvalue weighted by atomic mass is 10.0. The highest BCUT2D eigenvalue weighted by Gasteiger charge is 2.40. The van der Waals surface area contributed by atoms with Crippen LogP contribution in [-0.2, 0) is 0 Å². The summed E-state index contributed by atoms with van der Waals surface area (Å²) in [4.78, 5) is 18.5. The summed E-state index contributed by atoms with van der Waals surface area (Å²) in [5.74, 6) is -1.20. The molecule has 3 unspecified atom stereocenters. The zero-order chi connectivity index (χ0) is 19.6. The van der Waals surface area contributed by atoms with E-state index in [1.807, 2.05) is 56.0 Å². The molecule has 0 bridgehead atoms. The Morgan fingerprint density at radius 2 is 2.04 bits per heavy atom. The molecular formula is C21H22N4O. The van der Waals surface area contributed by atoms with E-state index < -0.39 is 18.0 Å². The summed E-state index contributed by atoms with van der Waals surface area (Å²) in [6, 6.07) is 15.1. The quantitative estimate of drug-likeness (QED) is 0.916. The number of nitrogens with one attached hydrogen (secondary N) is 1. The van der Waals surface area contributed by atoms with Gasteiger partial charge in [-0.1, -0.05) is 30.3 Å². The number of nitriles is 1. The van der Waals surface area contributed by atoms with Gasteiger partial charge in [0.25, 0.3) is 5.91 Å². The van der Waals surface area contributed by atoms with Gasteiger partial charge in [-0.05, 0) is 44.0 Å². The first kappa shape index (κ1) is 16.3. The van der Waals surface area contributed by atoms with Crippen molar-refractivity contribution in [3.63, 3.8) is 0 Å². The second-order valence-corrected chi connectivity index (χ2v) is 6.37. The molecule has 1 aromatic heterocycles. The third-order valence-corrected chi connectivity index (χ3v) is 4.86. The Bertz CT molecular complexity index is 907. The highest BCUT2D eigenvalue weighted by molar-refractivity contribution is 5.94. The minimum atomic E-state index is -1.61. The number of amides is 1. The molecule has 132 valence electrons. The summed E-state index contributed by atoms with van der Waals surface area (Å²) in [5.41, 5.74) is 2.99. The van der Waals surface area contributed by atoms with Crippen molar-refractivity contribution in [2.75, 3.05) is 0 Å². The molecule has 1 amide bonds. The minimum absolute atomic E-state index is 0.189. The van der Waals surface area contributed by atoms with E-state index >= 15 is 0 Å². The van der Waals surface area contributed by atoms with Crippen molar-refractivity contribution in [2.24, 2.45) is 5.92 Å². The van der Waals surface area contributed by atoms with Crippen LogP contribution in [0.25, 0.3) is 0 Å². The Kier molecular flexibility index (Phi) is 4.65. The van der Waals surface area contributed by atoms with Crippen molar-refractivity contribution in [1.82, 2.24) is 15.2 Å². The second kappa shape index (κ2) is 7.40. The predicted octanol–water partition coefficient (Wildman–Crippen LogP) is 3.65. The fourth-order valence-corrected chi connectivity index (χ4v) is 3.28. The number of hydrogen-bond acceptors (Lipinski definition) is 4. The van der Waals surface area contributed by atoms with Gasteiger partial charge < -0.3 is 10.2 Å². The van der Waals surface area contributed by atoms with Gasteiger partial charge in [0.05, 0.1) is 19.0 Å². The molecule has 1 N–H and O–H groups in total. The smallest absolute Gasteiger partial charge is 0.254 e. The molecule has 0 aliphatic carbocycles. The first-order valence-electron chi connectivity index (χ1n) is 9.04. The van der Waals surface area contributed by atoms with Crippen LogP contribution in [0.3, 0.4) is 0 Å². The van der Waals surface area contributed by atoms with Crippen LogP contribution in [0.15, 0.2) is 66.1 Å². The number of carbonyl (C=O) groups is 1. The number of hydrogen-bond donors (Lipinski definition) is 1. The standard InChI is InChI=1S/C21H22N4O/c1-14-15(2)25(16(3)17-8-5-4-6-9-17)20(19(14)12-22)24-21(26)18-10-7-11-23-13-18/h4-11,13,16,19-20H,1-3H3,(H,24,26)/i20D. The van der Waals surface area contributed by atoms with Gasteiger partial charge >= 0.3 is 0 Å². The number of nitrogens with zero attached hydrogens (tertiary/aromatic N) is 3. The van der Waals surface area contributed by atoms with E-state index in [9.17, 15) is 10.1 Å². The lowest BCUT2D eigenvalue weighted by molar-refractivity contribution is 0.0848. The van der Waals surface area contributed by atoms with Crippen LogP contribution >= 0.6 is 0 Å². The lowest BCUT2D eigenvalue weighted by Gasteiger charge is -2.36. The number of benzene rings is 1. The number of rotatable bonds is 4. The third-order valence-electron chi connectivity index (χ3n) is 4.86. The molecule has 0 spiro atoms. The van der Waals surface area contributed by atoms with Gasteiger partial charge in [0.2, 0.25) is 0 Å². The molecule has 5 heteroatoms. The number of allylic oxidation sites excluding steroid dienone is 1. The van der Waals surface area contributed by atoms with E-state index in [-0.39, 0.29) is 6.04 Å². The molecule has 0 fully saturated rings. The molecule has 0 radical (unpaired) electrons. The van der Waals surface area contributed by atoms with Crippen LogP contribution in [-0.4, -0.2) is 21.9 Å². The number of carbonyl (C=O) groups excluding carboxylic acids is 1. The Hall–Kier alpha value is -3.13. The maximum atomic E-state index is 12.8. The first-order chi connectivity index (χ1) is 12.9. The van der Waals surface area contributed by atoms with E-state index in [1.165, 1.54) is 6.20 Å². The van der Waals surface area contributed by atoms with Crippen LogP contribution in [0, 0.1) is 17.2 Å². The van der Waals surface area contributed by atoms with Crippen LogP contribution in [0.4, 0.5) is 0 Å². The van der Waals surface area contributed by atoms with Crippen molar-refractivity contribution >= 4 is 5.91 Å². The Morgan fingerprint density at radius 3 is 2.65 bits per heavy atom. The number of aromatic nitrogens is 1. The summed E-state index contributed by atoms with van der Waals surface area (Å²) >= 11 is 0. The highest BCUT2D eigenvalue weighted by Crippen LogP contribution is 2.38. The zero-order valence-electron chi connectivity index (χ0n) is 16.1. The molecule has 2 aromatic rings. The van der Waals surface area contributed by atoms with E-state index in [0.29, 0.717) is 5.56 Å². The van der Waals surface area contributed by atoms with Gasteiger partial charge in [0.1, 0.15) is 12.1 Å². The third kappa shape index (κ3) is 3.18. The summed E-state index contributed by atoms with van der Waals surface area (Å²) in [5, 5.41) is 12.5. The average Bonchev–Trinajstić information content (AvgIpc) is 2.87. The maximum absolute atomic E-state index is 12.8. The predicted molar refractivity (Wildman–Crippen MR) is 99.7 cm³/mol. The SMILES string of the molecule is [2H]C1(NC(=O)c2cccnc2)C(C#N)C(C)=C(C)N1C(C)c1ccccc1. The largest absolute Gasteiger partial charge is 0.347 e. The fraction of sp³-hybridized carbons (Fsp3) is 0.286. The van der Waals surface area contributed by atoms with Crippen molar-refractivity contribution in [3.05, 3.63) is 77.3 Å². The second-order valence-electron chi connectivity index (χ2n) is 6.37. The molecule has 2 heterocycles. The topological polar surface area (TPSA) is 69.0 Å². The molecule has 0 saturated carbocycles. The van der Waals surface area contributed by atoms with E-state index in [1.54, 1.807) is 18.3 Å². The Morgan fingerprint density at radius 1 is 1.31 bits per heavy atom. The van der Waals surface area contributed by atoms with Crippen molar-refractivity contribution in [2.45, 2.75) is 33.0 Å². The molecule has 3 atom stereocenters. The monoisotopic (exact) mass is 347 g/mol. The van der Waals surface area contributed by atoms with Crippen LogP contribution in [0.1, 0.15) is 44.1 Å². The normalized spacial score (nSPS) is 24.0. The molecule has 0 saturated heterocycles. The van der Waals surface area contributed by atoms with E-state index in [2.05, 4.69) is 16.4 Å². The Labute approximate surface area is 155 Å². The van der Waals surface area contributed by atoms with Crippen LogP contribution in [0.5, 0.6) is 0 Å². The van der Waals surface area contributed by atoms with Gasteiger partial charge in [0, 0.05) is 18.1 Å². The van der Waals surface area contributed by atoms with E-state index in [0.717, 1.165) is 16.8 Å². The van der Waals surface area contributed by atoms with Crippen LogP contribution < -0.4 is 5.32 Å². The van der Waals surface area contributed by atoms with Gasteiger partial charge in [-0.25, -0.2) is 0 Å². The van der Waals surface area contributed by atoms with Gasteiger partial charge in [0.15, 0.2) is 0 Å².